The van der Waals surface area contributed by atoms with E-state index >= 15 is 0 Å². The Hall–Kier alpha value is -1.80. The van der Waals surface area contributed by atoms with Crippen molar-refractivity contribution < 1.29 is 12.8 Å². The van der Waals surface area contributed by atoms with E-state index < -0.39 is 15.8 Å². The van der Waals surface area contributed by atoms with Crippen molar-refractivity contribution in [2.45, 2.75) is 51.6 Å². The number of benzene rings is 1. The highest BCUT2D eigenvalue weighted by atomic mass is 32.2. The molecule has 2 heterocycles. The first-order valence-electron chi connectivity index (χ1n) is 8.37. The molecule has 1 aliphatic rings. The van der Waals surface area contributed by atoms with Gasteiger partial charge in [-0.25, -0.2) is 12.8 Å². The highest BCUT2D eigenvalue weighted by Crippen LogP contribution is 2.31. The Balaban J connectivity index is 2.02. The van der Waals surface area contributed by atoms with Crippen molar-refractivity contribution in [3.63, 3.8) is 0 Å². The molecule has 1 atom stereocenters. The van der Waals surface area contributed by atoms with Gasteiger partial charge in [0.1, 0.15) is 17.5 Å². The third-order valence-electron chi connectivity index (χ3n) is 4.55. The van der Waals surface area contributed by atoms with E-state index in [-0.39, 0.29) is 17.5 Å². The number of sulfonamides is 1. The molecule has 3 rings (SSSR count). The van der Waals surface area contributed by atoms with Gasteiger partial charge in [0, 0.05) is 6.54 Å². The molecule has 0 radical (unpaired) electrons. The van der Waals surface area contributed by atoms with Gasteiger partial charge < -0.3 is 4.57 Å². The molecule has 0 saturated carbocycles. The van der Waals surface area contributed by atoms with Crippen LogP contribution >= 0.6 is 0 Å². The average Bonchev–Trinajstić information content (AvgIpc) is 2.90. The highest BCUT2D eigenvalue weighted by molar-refractivity contribution is 7.89. The fourth-order valence-corrected chi connectivity index (χ4v) is 5.10. The molecule has 136 valence electrons. The van der Waals surface area contributed by atoms with E-state index in [4.69, 9.17) is 0 Å². The Morgan fingerprint density at radius 2 is 2.00 bits per heavy atom. The molecule has 8 heteroatoms. The van der Waals surface area contributed by atoms with Crippen LogP contribution in [-0.2, 0) is 16.6 Å². The molecular formula is C17H23FN4O2S. The number of aryl methyl sites for hydroxylation is 2. The van der Waals surface area contributed by atoms with Gasteiger partial charge in [0.05, 0.1) is 17.5 Å². The van der Waals surface area contributed by atoms with Crippen LogP contribution < -0.4 is 0 Å². The van der Waals surface area contributed by atoms with Crippen molar-refractivity contribution in [3.05, 3.63) is 41.2 Å². The smallest absolute Gasteiger partial charge is 0.243 e. The van der Waals surface area contributed by atoms with E-state index in [9.17, 15) is 12.8 Å². The zero-order chi connectivity index (χ0) is 18.4. The minimum absolute atomic E-state index is 0.0143. The molecule has 0 bridgehead atoms. The van der Waals surface area contributed by atoms with Crippen molar-refractivity contribution in [1.29, 1.82) is 0 Å². The van der Waals surface area contributed by atoms with E-state index in [1.165, 1.54) is 16.4 Å². The SMILES string of the molecule is Cc1ccc(F)cc1S(=O)(=O)N1Cc2nnc(C)n2[C@@H](CC(C)C)C1. The minimum atomic E-state index is -3.81. The van der Waals surface area contributed by atoms with Crippen LogP contribution in [0.3, 0.4) is 0 Å². The van der Waals surface area contributed by atoms with Crippen LogP contribution in [0.1, 0.15) is 43.5 Å². The number of halogens is 1. The molecule has 1 aliphatic heterocycles. The predicted octanol–water partition coefficient (Wildman–Crippen LogP) is 2.83. The van der Waals surface area contributed by atoms with Crippen molar-refractivity contribution in [2.75, 3.05) is 6.54 Å². The summed E-state index contributed by atoms with van der Waals surface area (Å²) in [6.07, 6.45) is 0.819. The standard InChI is InChI=1S/C17H23FN4O2S/c1-11(2)7-15-9-21(10-17-20-19-13(4)22(15)17)25(23,24)16-8-14(18)6-5-12(16)3/h5-6,8,11,15H,7,9-10H2,1-4H3/t15-/m0/s1. The summed E-state index contributed by atoms with van der Waals surface area (Å²) in [7, 11) is -3.81. The summed E-state index contributed by atoms with van der Waals surface area (Å²) in [5.41, 5.74) is 0.532. The Morgan fingerprint density at radius 3 is 2.68 bits per heavy atom. The molecule has 0 amide bonds. The molecule has 0 aliphatic carbocycles. The summed E-state index contributed by atoms with van der Waals surface area (Å²) >= 11 is 0. The second-order valence-corrected chi connectivity index (χ2v) is 8.93. The number of nitrogens with zero attached hydrogens (tertiary/aromatic N) is 4. The lowest BCUT2D eigenvalue weighted by molar-refractivity contribution is 0.248. The molecule has 1 aromatic heterocycles. The van der Waals surface area contributed by atoms with E-state index in [0.29, 0.717) is 23.9 Å². The number of hydrogen-bond acceptors (Lipinski definition) is 4. The largest absolute Gasteiger partial charge is 0.310 e. The lowest BCUT2D eigenvalue weighted by Crippen LogP contribution is -2.42. The number of fused-ring (bicyclic) bond motifs is 1. The summed E-state index contributed by atoms with van der Waals surface area (Å²) in [6.45, 7) is 8.24. The molecular weight excluding hydrogens is 343 g/mol. The van der Waals surface area contributed by atoms with Gasteiger partial charge in [0.2, 0.25) is 10.0 Å². The predicted molar refractivity (Wildman–Crippen MR) is 92.0 cm³/mol. The van der Waals surface area contributed by atoms with Crippen LogP contribution in [-0.4, -0.2) is 34.0 Å². The van der Waals surface area contributed by atoms with Gasteiger partial charge in [0.15, 0.2) is 0 Å². The van der Waals surface area contributed by atoms with Gasteiger partial charge in [-0.05, 0) is 43.9 Å². The van der Waals surface area contributed by atoms with Crippen LogP contribution in [0.5, 0.6) is 0 Å². The van der Waals surface area contributed by atoms with Crippen LogP contribution in [0, 0.1) is 25.6 Å². The van der Waals surface area contributed by atoms with Gasteiger partial charge in [-0.15, -0.1) is 10.2 Å². The van der Waals surface area contributed by atoms with Gasteiger partial charge >= 0.3 is 0 Å². The first kappa shape index (κ1) is 18.0. The molecule has 0 saturated heterocycles. The minimum Gasteiger partial charge on any atom is -0.310 e. The second kappa shape index (κ2) is 6.49. The van der Waals surface area contributed by atoms with Crippen molar-refractivity contribution >= 4 is 10.0 Å². The van der Waals surface area contributed by atoms with Gasteiger partial charge in [-0.2, -0.15) is 4.31 Å². The van der Waals surface area contributed by atoms with Crippen molar-refractivity contribution in [1.82, 2.24) is 19.1 Å². The quantitative estimate of drug-likeness (QED) is 0.834. The fraction of sp³-hybridized carbons (Fsp3) is 0.529. The zero-order valence-corrected chi connectivity index (χ0v) is 15.7. The number of aromatic nitrogens is 3. The van der Waals surface area contributed by atoms with E-state index in [2.05, 4.69) is 24.0 Å². The Labute approximate surface area is 147 Å². The first-order chi connectivity index (χ1) is 11.7. The third-order valence-corrected chi connectivity index (χ3v) is 6.50. The zero-order valence-electron chi connectivity index (χ0n) is 14.9. The molecule has 1 aromatic carbocycles. The third kappa shape index (κ3) is 3.32. The molecule has 0 N–H and O–H groups in total. The van der Waals surface area contributed by atoms with Crippen LogP contribution in [0.4, 0.5) is 4.39 Å². The first-order valence-corrected chi connectivity index (χ1v) is 9.81. The average molecular weight is 366 g/mol. The molecule has 0 unspecified atom stereocenters. The Bertz CT molecular complexity index is 892. The van der Waals surface area contributed by atoms with E-state index in [1.54, 1.807) is 6.92 Å². The summed E-state index contributed by atoms with van der Waals surface area (Å²) in [5.74, 6) is 1.27. The maximum atomic E-state index is 13.6. The van der Waals surface area contributed by atoms with Crippen molar-refractivity contribution in [3.8, 4) is 0 Å². The summed E-state index contributed by atoms with van der Waals surface area (Å²) < 4.78 is 43.3. The maximum absolute atomic E-state index is 13.6. The summed E-state index contributed by atoms with van der Waals surface area (Å²) in [6, 6.07) is 3.82. The monoisotopic (exact) mass is 366 g/mol. The van der Waals surface area contributed by atoms with Gasteiger partial charge in [-0.1, -0.05) is 19.9 Å². The fourth-order valence-electron chi connectivity index (χ4n) is 3.43. The van der Waals surface area contributed by atoms with E-state index in [0.717, 1.165) is 18.3 Å². The molecule has 2 aromatic rings. The van der Waals surface area contributed by atoms with Crippen LogP contribution in [0.15, 0.2) is 23.1 Å². The molecule has 0 spiro atoms. The van der Waals surface area contributed by atoms with Crippen molar-refractivity contribution in [2.24, 2.45) is 5.92 Å². The normalized spacial score (nSPS) is 18.6. The molecule has 25 heavy (non-hydrogen) atoms. The molecule has 6 nitrogen and oxygen atoms in total. The number of rotatable bonds is 4. The van der Waals surface area contributed by atoms with E-state index in [1.807, 2.05) is 11.5 Å². The van der Waals surface area contributed by atoms with Crippen LogP contribution in [0.2, 0.25) is 0 Å². The maximum Gasteiger partial charge on any atom is 0.243 e. The lowest BCUT2D eigenvalue weighted by Gasteiger charge is -2.34. The number of hydrogen-bond donors (Lipinski definition) is 0. The van der Waals surface area contributed by atoms with Gasteiger partial charge in [-0.3, -0.25) is 0 Å². The summed E-state index contributed by atoms with van der Waals surface area (Å²) in [5, 5.41) is 8.25. The molecule has 0 fully saturated rings. The highest BCUT2D eigenvalue weighted by Gasteiger charge is 2.36. The Kier molecular flexibility index (Phi) is 4.68. The van der Waals surface area contributed by atoms with Gasteiger partial charge in [0.25, 0.3) is 0 Å². The lowest BCUT2D eigenvalue weighted by atomic mass is 10.0. The topological polar surface area (TPSA) is 68.1 Å². The second-order valence-electron chi connectivity index (χ2n) is 7.02. The summed E-state index contributed by atoms with van der Waals surface area (Å²) in [4.78, 5) is 0.0143. The van der Waals surface area contributed by atoms with Crippen LogP contribution in [0.25, 0.3) is 0 Å². The Morgan fingerprint density at radius 1 is 1.28 bits per heavy atom.